The van der Waals surface area contributed by atoms with Gasteiger partial charge in [0, 0.05) is 32.7 Å². The van der Waals surface area contributed by atoms with Crippen LogP contribution in [0.2, 0.25) is 0 Å². The fourth-order valence-corrected chi connectivity index (χ4v) is 4.35. The van der Waals surface area contributed by atoms with Crippen molar-refractivity contribution in [2.24, 2.45) is 0 Å². The van der Waals surface area contributed by atoms with Gasteiger partial charge in [-0.05, 0) is 72.5 Å². The maximum absolute atomic E-state index is 13.4. The van der Waals surface area contributed by atoms with Crippen molar-refractivity contribution in [2.45, 2.75) is 18.9 Å². The molecule has 1 N–H and O–H groups in total. The molecule has 0 bridgehead atoms. The van der Waals surface area contributed by atoms with E-state index in [0.717, 1.165) is 63.2 Å². The van der Waals surface area contributed by atoms with Gasteiger partial charge >= 0.3 is 0 Å². The number of rotatable bonds is 10. The third kappa shape index (κ3) is 11.9. The van der Waals surface area contributed by atoms with Gasteiger partial charge in [0.2, 0.25) is 0 Å². The summed E-state index contributed by atoms with van der Waals surface area (Å²) in [6.07, 6.45) is 2.37. The van der Waals surface area contributed by atoms with E-state index in [0.29, 0.717) is 12.9 Å². The highest BCUT2D eigenvalue weighted by molar-refractivity contribution is 7.85. The molecule has 6 nitrogen and oxygen atoms in total. The fraction of sp³-hybridized carbons (Fsp3) is 0.379. The molecule has 0 spiro atoms. The molecule has 3 aromatic rings. The Morgan fingerprint density at radius 1 is 0.744 bits per heavy atom. The van der Waals surface area contributed by atoms with Crippen molar-refractivity contribution in [3.05, 3.63) is 107 Å². The van der Waals surface area contributed by atoms with Crippen LogP contribution in [-0.2, 0) is 21.3 Å². The summed E-state index contributed by atoms with van der Waals surface area (Å²) in [6.45, 7) is 6.38. The molecule has 0 unspecified atom stereocenters. The first-order chi connectivity index (χ1) is 18.6. The largest absolute Gasteiger partial charge is 0.367 e. The molecule has 0 amide bonds. The van der Waals surface area contributed by atoms with E-state index in [9.17, 15) is 21.6 Å². The topological polar surface area (TPSA) is 70.1 Å². The van der Waals surface area contributed by atoms with Crippen molar-refractivity contribution in [1.29, 1.82) is 0 Å². The Balaban J connectivity index is 0.000000771. The number of piperazine rings is 1. The smallest absolute Gasteiger partial charge is 0.261 e. The molecule has 1 heterocycles. The minimum absolute atomic E-state index is 0.189. The molecule has 4 rings (SSSR count). The third-order valence-electron chi connectivity index (χ3n) is 6.36. The van der Waals surface area contributed by atoms with Crippen molar-refractivity contribution in [2.75, 3.05) is 52.1 Å². The van der Waals surface area contributed by atoms with E-state index < -0.39 is 10.1 Å². The van der Waals surface area contributed by atoms with Gasteiger partial charge in [-0.15, -0.1) is 0 Å². The van der Waals surface area contributed by atoms with Gasteiger partial charge in [-0.3, -0.25) is 9.45 Å². The maximum Gasteiger partial charge on any atom is 0.261 e. The van der Waals surface area contributed by atoms with E-state index in [4.69, 9.17) is 9.29 Å². The molecule has 10 heteroatoms. The Hall–Kier alpha value is -2.76. The summed E-state index contributed by atoms with van der Waals surface area (Å²) < 4.78 is 71.9. The molecule has 1 fully saturated rings. The summed E-state index contributed by atoms with van der Waals surface area (Å²) in [6, 6.07) is 19.3. The van der Waals surface area contributed by atoms with Gasteiger partial charge in [-0.2, -0.15) is 8.42 Å². The highest BCUT2D eigenvalue weighted by Gasteiger charge is 2.19. The molecule has 0 aliphatic carbocycles. The number of hydrogen-bond donors (Lipinski definition) is 1. The summed E-state index contributed by atoms with van der Waals surface area (Å²) in [5.74, 6) is -0.778. The van der Waals surface area contributed by atoms with Gasteiger partial charge in [0.1, 0.15) is 23.6 Å². The zero-order valence-corrected chi connectivity index (χ0v) is 22.8. The average molecular weight is 565 g/mol. The van der Waals surface area contributed by atoms with E-state index in [1.54, 1.807) is 24.3 Å². The normalized spacial score (nSPS) is 14.7. The highest BCUT2D eigenvalue weighted by atomic mass is 32.2. The van der Waals surface area contributed by atoms with E-state index in [2.05, 4.69) is 9.80 Å². The SMILES string of the molecule is CS(=O)(=O)O.Fc1ccc(CCCN2CCN(CCOC(c3ccc(F)cc3)c3ccc(F)cc3)CC2)cc1. The molecule has 0 radical (unpaired) electrons. The lowest BCUT2D eigenvalue weighted by molar-refractivity contribution is 0.0451. The van der Waals surface area contributed by atoms with Crippen molar-refractivity contribution < 1.29 is 30.9 Å². The summed E-state index contributed by atoms with van der Waals surface area (Å²) in [5, 5.41) is 0. The lowest BCUT2D eigenvalue weighted by Crippen LogP contribution is -2.47. The minimum Gasteiger partial charge on any atom is -0.367 e. The van der Waals surface area contributed by atoms with Crippen LogP contribution in [0.25, 0.3) is 0 Å². The van der Waals surface area contributed by atoms with Crippen LogP contribution >= 0.6 is 0 Å². The Morgan fingerprint density at radius 3 is 1.56 bits per heavy atom. The number of hydrogen-bond acceptors (Lipinski definition) is 5. The van der Waals surface area contributed by atoms with Crippen molar-refractivity contribution >= 4 is 10.1 Å². The summed E-state index contributed by atoms with van der Waals surface area (Å²) in [5.41, 5.74) is 2.87. The maximum atomic E-state index is 13.4. The lowest BCUT2D eigenvalue weighted by Gasteiger charge is -2.35. The molecule has 1 aliphatic heterocycles. The van der Waals surface area contributed by atoms with Gasteiger partial charge in [0.15, 0.2) is 0 Å². The van der Waals surface area contributed by atoms with Crippen LogP contribution < -0.4 is 0 Å². The van der Waals surface area contributed by atoms with Gasteiger partial charge < -0.3 is 9.64 Å². The van der Waals surface area contributed by atoms with E-state index in [1.807, 2.05) is 12.1 Å². The van der Waals surface area contributed by atoms with Gasteiger partial charge in [-0.25, -0.2) is 13.2 Å². The molecule has 39 heavy (non-hydrogen) atoms. The van der Waals surface area contributed by atoms with Crippen LogP contribution in [0.5, 0.6) is 0 Å². The first-order valence-electron chi connectivity index (χ1n) is 12.8. The highest BCUT2D eigenvalue weighted by Crippen LogP contribution is 2.26. The summed E-state index contributed by atoms with van der Waals surface area (Å²) >= 11 is 0. The predicted octanol–water partition coefficient (Wildman–Crippen LogP) is 4.96. The summed E-state index contributed by atoms with van der Waals surface area (Å²) in [4.78, 5) is 4.86. The van der Waals surface area contributed by atoms with Gasteiger partial charge in [-0.1, -0.05) is 36.4 Å². The molecule has 1 aliphatic rings. The van der Waals surface area contributed by atoms with Crippen molar-refractivity contribution in [3.63, 3.8) is 0 Å². The standard InChI is InChI=1S/C28H31F3N2O.CH4O3S/c29-25-9-3-22(4-10-25)2-1-15-32-16-18-33(19-17-32)20-21-34-28(23-5-11-26(30)12-6-23)24-7-13-27(31)14-8-24;1-5(2,3)4/h3-14,28H,1-2,15-21H2;1H3,(H,2,3,4). The van der Waals surface area contributed by atoms with E-state index in [-0.39, 0.29) is 23.6 Å². The summed E-state index contributed by atoms with van der Waals surface area (Å²) in [7, 11) is -3.67. The molecular formula is C29H35F3N2O4S. The predicted molar refractivity (Wildman–Crippen MR) is 146 cm³/mol. The van der Waals surface area contributed by atoms with E-state index >= 15 is 0 Å². The van der Waals surface area contributed by atoms with E-state index in [1.165, 1.54) is 42.0 Å². The number of halogens is 3. The monoisotopic (exact) mass is 564 g/mol. The first kappa shape index (κ1) is 30.8. The molecule has 0 saturated carbocycles. The van der Waals surface area contributed by atoms with Crippen LogP contribution in [0.15, 0.2) is 72.8 Å². The first-order valence-corrected chi connectivity index (χ1v) is 14.7. The average Bonchev–Trinajstić information content (AvgIpc) is 2.89. The second-order valence-corrected chi connectivity index (χ2v) is 11.0. The second-order valence-electron chi connectivity index (χ2n) is 9.50. The van der Waals surface area contributed by atoms with Crippen molar-refractivity contribution in [3.8, 4) is 0 Å². The quantitative estimate of drug-likeness (QED) is 0.351. The minimum atomic E-state index is -3.67. The molecule has 0 aromatic heterocycles. The molecular weight excluding hydrogens is 529 g/mol. The molecule has 3 aromatic carbocycles. The lowest BCUT2D eigenvalue weighted by atomic mass is 10.0. The van der Waals surface area contributed by atoms with Crippen LogP contribution in [0.3, 0.4) is 0 Å². The Labute approximate surface area is 228 Å². The van der Waals surface area contributed by atoms with Crippen molar-refractivity contribution in [1.82, 2.24) is 9.80 Å². The van der Waals surface area contributed by atoms with Crippen LogP contribution in [0.1, 0.15) is 29.2 Å². The van der Waals surface area contributed by atoms with Crippen LogP contribution in [-0.4, -0.2) is 74.9 Å². The molecule has 212 valence electrons. The molecule has 1 saturated heterocycles. The van der Waals surface area contributed by atoms with Crippen LogP contribution in [0.4, 0.5) is 13.2 Å². The zero-order valence-electron chi connectivity index (χ0n) is 22.0. The van der Waals surface area contributed by atoms with Crippen LogP contribution in [0, 0.1) is 17.5 Å². The number of ether oxygens (including phenoxy) is 1. The Kier molecular flexibility index (Phi) is 11.9. The number of aryl methyl sites for hydroxylation is 1. The zero-order chi connectivity index (χ0) is 28.3. The third-order valence-corrected chi connectivity index (χ3v) is 6.36. The molecule has 0 atom stereocenters. The number of benzene rings is 3. The Morgan fingerprint density at radius 2 is 1.13 bits per heavy atom. The fourth-order valence-electron chi connectivity index (χ4n) is 4.35. The Bertz CT molecular complexity index is 1180. The number of nitrogens with zero attached hydrogens (tertiary/aromatic N) is 2. The van der Waals surface area contributed by atoms with Gasteiger partial charge in [0.25, 0.3) is 10.1 Å². The van der Waals surface area contributed by atoms with Gasteiger partial charge in [0.05, 0.1) is 12.9 Å². The second kappa shape index (κ2) is 15.1.